The minimum atomic E-state index is -0.169. The van der Waals surface area contributed by atoms with Crippen LogP contribution in [0.4, 0.5) is 0 Å². The predicted octanol–water partition coefficient (Wildman–Crippen LogP) is 3.23. The van der Waals surface area contributed by atoms with Gasteiger partial charge in [0.05, 0.1) is 6.04 Å². The van der Waals surface area contributed by atoms with E-state index < -0.39 is 0 Å². The average molecular weight is 367 g/mol. The number of aromatic nitrogens is 4. The van der Waals surface area contributed by atoms with Crippen LogP contribution in [0.2, 0.25) is 0 Å². The lowest BCUT2D eigenvalue weighted by Crippen LogP contribution is -2.32. The van der Waals surface area contributed by atoms with Crippen LogP contribution < -0.4 is 5.32 Å². The summed E-state index contributed by atoms with van der Waals surface area (Å²) in [5.41, 5.74) is 5.40. The highest BCUT2D eigenvalue weighted by molar-refractivity contribution is 5.83. The van der Waals surface area contributed by atoms with Gasteiger partial charge in [0.15, 0.2) is 0 Å². The Kier molecular flexibility index (Phi) is 3.94. The fraction of sp³-hybridized carbons (Fsp3) is 0.0909. The first-order valence-corrected chi connectivity index (χ1v) is 9.10. The fourth-order valence-electron chi connectivity index (χ4n) is 3.66. The smallest absolute Gasteiger partial charge is 0.244 e. The molecule has 28 heavy (non-hydrogen) atoms. The molecule has 0 spiro atoms. The van der Waals surface area contributed by atoms with Crippen LogP contribution >= 0.6 is 0 Å². The summed E-state index contributed by atoms with van der Waals surface area (Å²) in [6, 6.07) is 25.7. The number of benzene rings is 3. The maximum atomic E-state index is 12.7. The summed E-state index contributed by atoms with van der Waals surface area (Å²) in [5.74, 6) is 0.346. The van der Waals surface area contributed by atoms with Crippen molar-refractivity contribution in [2.45, 2.75) is 12.6 Å². The lowest BCUT2D eigenvalue weighted by atomic mass is 10.1. The van der Waals surface area contributed by atoms with Crippen molar-refractivity contribution < 1.29 is 4.79 Å². The summed E-state index contributed by atoms with van der Waals surface area (Å²) >= 11 is 0. The molecule has 1 amide bonds. The molecule has 6 heteroatoms. The quantitative estimate of drug-likeness (QED) is 0.601. The number of nitrogens with one attached hydrogen (secondary N) is 1. The second kappa shape index (κ2) is 6.74. The van der Waals surface area contributed by atoms with Crippen LogP contribution in [-0.4, -0.2) is 26.1 Å². The van der Waals surface area contributed by atoms with Gasteiger partial charge in [0.25, 0.3) is 0 Å². The molecule has 6 nitrogen and oxygen atoms in total. The fourth-order valence-corrected chi connectivity index (χ4v) is 3.66. The second-order valence-electron chi connectivity index (χ2n) is 6.68. The van der Waals surface area contributed by atoms with Gasteiger partial charge in [-0.05, 0) is 27.5 Å². The number of carbonyl (C=O) groups excluding carboxylic acids is 1. The number of hydrogen-bond donors (Lipinski definition) is 1. The molecular weight excluding hydrogens is 350 g/mol. The average Bonchev–Trinajstić information content (AvgIpc) is 3.33. The van der Waals surface area contributed by atoms with Crippen molar-refractivity contribution in [1.29, 1.82) is 0 Å². The van der Waals surface area contributed by atoms with Gasteiger partial charge in [-0.15, -0.1) is 10.2 Å². The van der Waals surface area contributed by atoms with Crippen LogP contribution in [0, 0.1) is 0 Å². The van der Waals surface area contributed by atoms with E-state index in [0.717, 1.165) is 27.8 Å². The number of tetrazole rings is 1. The molecule has 0 atom stereocenters. The second-order valence-corrected chi connectivity index (χ2v) is 6.68. The van der Waals surface area contributed by atoms with Crippen molar-refractivity contribution in [3.8, 4) is 22.5 Å². The summed E-state index contributed by atoms with van der Waals surface area (Å²) in [5, 5.41) is 15.5. The number of carbonyl (C=O) groups is 1. The molecule has 1 aliphatic rings. The van der Waals surface area contributed by atoms with E-state index in [1.54, 1.807) is 0 Å². The number of rotatable bonds is 4. The third-order valence-electron chi connectivity index (χ3n) is 4.91. The summed E-state index contributed by atoms with van der Waals surface area (Å²) in [7, 11) is 0. The monoisotopic (exact) mass is 367 g/mol. The molecule has 136 valence electrons. The Balaban J connectivity index is 1.36. The SMILES string of the molecule is O=C(Cn1nnc(-c2ccccc2)n1)NC1c2ccccc2-c2ccccc21. The lowest BCUT2D eigenvalue weighted by molar-refractivity contribution is -0.122. The zero-order valence-electron chi connectivity index (χ0n) is 15.0. The van der Waals surface area contributed by atoms with Gasteiger partial charge in [-0.25, -0.2) is 0 Å². The van der Waals surface area contributed by atoms with Crippen molar-refractivity contribution in [3.05, 3.63) is 90.0 Å². The van der Waals surface area contributed by atoms with E-state index in [-0.39, 0.29) is 18.5 Å². The molecule has 1 N–H and O–H groups in total. The molecular formula is C22H17N5O. The van der Waals surface area contributed by atoms with Crippen molar-refractivity contribution in [2.75, 3.05) is 0 Å². The number of hydrogen-bond acceptors (Lipinski definition) is 4. The molecule has 0 unspecified atom stereocenters. The molecule has 0 bridgehead atoms. The van der Waals surface area contributed by atoms with Gasteiger partial charge < -0.3 is 5.32 Å². The molecule has 1 aromatic heterocycles. The Morgan fingerprint density at radius 1 is 0.857 bits per heavy atom. The van der Waals surface area contributed by atoms with Gasteiger partial charge in [-0.3, -0.25) is 4.79 Å². The van der Waals surface area contributed by atoms with Crippen LogP contribution in [0.5, 0.6) is 0 Å². The van der Waals surface area contributed by atoms with Crippen LogP contribution in [0.1, 0.15) is 17.2 Å². The van der Waals surface area contributed by atoms with Crippen molar-refractivity contribution in [2.24, 2.45) is 0 Å². The van der Waals surface area contributed by atoms with Gasteiger partial charge in [0, 0.05) is 5.56 Å². The Hall–Kier alpha value is -3.80. The molecule has 3 aromatic carbocycles. The highest BCUT2D eigenvalue weighted by Gasteiger charge is 2.29. The Morgan fingerprint density at radius 2 is 1.46 bits per heavy atom. The highest BCUT2D eigenvalue weighted by Crippen LogP contribution is 2.42. The van der Waals surface area contributed by atoms with E-state index >= 15 is 0 Å². The summed E-state index contributed by atoms with van der Waals surface area (Å²) in [4.78, 5) is 14.0. The topological polar surface area (TPSA) is 72.7 Å². The minimum Gasteiger partial charge on any atom is -0.343 e. The molecule has 4 aromatic rings. The maximum absolute atomic E-state index is 12.7. The van der Waals surface area contributed by atoms with Gasteiger partial charge in [0.2, 0.25) is 11.7 Å². The minimum absolute atomic E-state index is 0.0146. The third-order valence-corrected chi connectivity index (χ3v) is 4.91. The van der Waals surface area contributed by atoms with E-state index in [9.17, 15) is 4.79 Å². The van der Waals surface area contributed by atoms with Crippen molar-refractivity contribution in [1.82, 2.24) is 25.5 Å². The molecule has 1 heterocycles. The largest absolute Gasteiger partial charge is 0.343 e. The lowest BCUT2D eigenvalue weighted by Gasteiger charge is -2.15. The summed E-state index contributed by atoms with van der Waals surface area (Å²) < 4.78 is 0. The predicted molar refractivity (Wildman–Crippen MR) is 105 cm³/mol. The molecule has 0 saturated carbocycles. The first kappa shape index (κ1) is 16.4. The molecule has 0 aliphatic heterocycles. The van der Waals surface area contributed by atoms with Crippen molar-refractivity contribution >= 4 is 5.91 Å². The Bertz CT molecular complexity index is 1110. The van der Waals surface area contributed by atoms with E-state index in [0.29, 0.717) is 5.82 Å². The van der Waals surface area contributed by atoms with E-state index in [1.165, 1.54) is 4.80 Å². The molecule has 0 fully saturated rings. The molecule has 0 radical (unpaired) electrons. The van der Waals surface area contributed by atoms with Crippen molar-refractivity contribution in [3.63, 3.8) is 0 Å². The normalized spacial score (nSPS) is 12.4. The summed E-state index contributed by atoms with van der Waals surface area (Å²) in [6.45, 7) is 0.0146. The Labute approximate surface area is 161 Å². The van der Waals surface area contributed by atoms with Gasteiger partial charge in [0.1, 0.15) is 6.54 Å². The molecule has 5 rings (SSSR count). The van der Waals surface area contributed by atoms with Crippen LogP contribution in [0.15, 0.2) is 78.9 Å². The van der Waals surface area contributed by atoms with E-state index in [4.69, 9.17) is 0 Å². The zero-order valence-corrected chi connectivity index (χ0v) is 15.0. The van der Waals surface area contributed by atoms with E-state index in [1.807, 2.05) is 54.6 Å². The number of fused-ring (bicyclic) bond motifs is 3. The molecule has 0 saturated heterocycles. The molecule has 1 aliphatic carbocycles. The van der Waals surface area contributed by atoms with Gasteiger partial charge in [-0.1, -0.05) is 78.9 Å². The maximum Gasteiger partial charge on any atom is 0.244 e. The van der Waals surface area contributed by atoms with Crippen LogP contribution in [0.3, 0.4) is 0 Å². The standard InChI is InChI=1S/C22H17N5O/c28-20(14-27-25-22(24-26-27)15-8-2-1-3-9-15)23-21-18-12-6-4-10-16(18)17-11-5-7-13-19(17)21/h1-13,21H,14H2,(H,23,28). The number of nitrogens with zero attached hydrogens (tertiary/aromatic N) is 4. The number of amides is 1. The summed E-state index contributed by atoms with van der Waals surface area (Å²) in [6.07, 6.45) is 0. The van der Waals surface area contributed by atoms with Crippen LogP contribution in [0.25, 0.3) is 22.5 Å². The highest BCUT2D eigenvalue weighted by atomic mass is 16.2. The van der Waals surface area contributed by atoms with Crippen LogP contribution in [-0.2, 0) is 11.3 Å². The van der Waals surface area contributed by atoms with Gasteiger partial charge >= 0.3 is 0 Å². The van der Waals surface area contributed by atoms with Gasteiger partial charge in [-0.2, -0.15) is 4.80 Å². The van der Waals surface area contributed by atoms with E-state index in [2.05, 4.69) is 45.0 Å². The zero-order chi connectivity index (χ0) is 18.9. The first-order valence-electron chi connectivity index (χ1n) is 9.10. The first-order chi connectivity index (χ1) is 13.8. The third kappa shape index (κ3) is 2.85. The Morgan fingerprint density at radius 3 is 2.14 bits per heavy atom.